The standard InChI is InChI=1S/C10H10Cl2N2O3/c11-6-3-5(10(16)17)4-7(12)9(6)14-8(15)1-2-13/h3-4H,1-2,13H2,(H,14,15)(H,16,17). The minimum Gasteiger partial charge on any atom is -0.478 e. The second kappa shape index (κ2) is 5.86. The van der Waals surface area contributed by atoms with Crippen molar-refractivity contribution in [3.05, 3.63) is 27.7 Å². The number of rotatable bonds is 4. The molecule has 0 aromatic heterocycles. The van der Waals surface area contributed by atoms with E-state index in [0.717, 1.165) is 0 Å². The van der Waals surface area contributed by atoms with E-state index < -0.39 is 5.97 Å². The number of carbonyl (C=O) groups excluding carboxylic acids is 1. The molecule has 4 N–H and O–H groups in total. The summed E-state index contributed by atoms with van der Waals surface area (Å²) in [4.78, 5) is 22.0. The molecule has 0 spiro atoms. The first-order valence-corrected chi connectivity index (χ1v) is 5.43. The van der Waals surface area contributed by atoms with Gasteiger partial charge in [0.15, 0.2) is 0 Å². The van der Waals surface area contributed by atoms with E-state index in [1.54, 1.807) is 0 Å². The van der Waals surface area contributed by atoms with Gasteiger partial charge in [-0.1, -0.05) is 23.2 Å². The van der Waals surface area contributed by atoms with Crippen LogP contribution in [0.4, 0.5) is 5.69 Å². The molecule has 0 heterocycles. The van der Waals surface area contributed by atoms with E-state index >= 15 is 0 Å². The summed E-state index contributed by atoms with van der Waals surface area (Å²) in [6, 6.07) is 2.43. The van der Waals surface area contributed by atoms with Gasteiger partial charge in [-0.15, -0.1) is 0 Å². The maximum Gasteiger partial charge on any atom is 0.335 e. The van der Waals surface area contributed by atoms with Crippen molar-refractivity contribution in [2.24, 2.45) is 5.73 Å². The van der Waals surface area contributed by atoms with Crippen molar-refractivity contribution >= 4 is 40.8 Å². The van der Waals surface area contributed by atoms with E-state index in [-0.39, 0.29) is 40.2 Å². The summed E-state index contributed by atoms with van der Waals surface area (Å²) >= 11 is 11.7. The summed E-state index contributed by atoms with van der Waals surface area (Å²) in [6.07, 6.45) is 0.132. The summed E-state index contributed by atoms with van der Waals surface area (Å²) < 4.78 is 0. The Hall–Kier alpha value is -1.30. The van der Waals surface area contributed by atoms with Crippen LogP contribution >= 0.6 is 23.2 Å². The number of benzene rings is 1. The van der Waals surface area contributed by atoms with Crippen LogP contribution in [0.5, 0.6) is 0 Å². The van der Waals surface area contributed by atoms with E-state index in [2.05, 4.69) is 5.32 Å². The normalized spacial score (nSPS) is 10.1. The van der Waals surface area contributed by atoms with Gasteiger partial charge in [-0.2, -0.15) is 0 Å². The predicted molar refractivity (Wildman–Crippen MR) is 65.7 cm³/mol. The lowest BCUT2D eigenvalue weighted by Crippen LogP contribution is -2.16. The number of hydrogen-bond acceptors (Lipinski definition) is 3. The van der Waals surface area contributed by atoms with Crippen LogP contribution in [-0.2, 0) is 4.79 Å². The highest BCUT2D eigenvalue weighted by Gasteiger charge is 2.13. The number of carboxylic acids is 1. The van der Waals surface area contributed by atoms with Gasteiger partial charge < -0.3 is 16.2 Å². The Morgan fingerprint density at radius 3 is 2.24 bits per heavy atom. The van der Waals surface area contributed by atoms with Crippen molar-refractivity contribution < 1.29 is 14.7 Å². The lowest BCUT2D eigenvalue weighted by atomic mass is 10.2. The van der Waals surface area contributed by atoms with E-state index in [0.29, 0.717) is 0 Å². The second-order valence-corrected chi connectivity index (χ2v) is 4.02. The van der Waals surface area contributed by atoms with E-state index in [9.17, 15) is 9.59 Å². The Labute approximate surface area is 108 Å². The van der Waals surface area contributed by atoms with Crippen LogP contribution in [0.15, 0.2) is 12.1 Å². The van der Waals surface area contributed by atoms with Gasteiger partial charge in [0.05, 0.1) is 21.3 Å². The molecule has 17 heavy (non-hydrogen) atoms. The predicted octanol–water partition coefficient (Wildman–Crippen LogP) is 1.98. The van der Waals surface area contributed by atoms with E-state index in [1.165, 1.54) is 12.1 Å². The first-order chi connectivity index (χ1) is 7.95. The Balaban J connectivity index is 3.01. The smallest absolute Gasteiger partial charge is 0.335 e. The fourth-order valence-corrected chi connectivity index (χ4v) is 1.73. The minimum atomic E-state index is -1.14. The molecule has 92 valence electrons. The lowest BCUT2D eigenvalue weighted by Gasteiger charge is -2.09. The number of carbonyl (C=O) groups is 2. The lowest BCUT2D eigenvalue weighted by molar-refractivity contribution is -0.116. The first-order valence-electron chi connectivity index (χ1n) is 4.68. The largest absolute Gasteiger partial charge is 0.478 e. The summed E-state index contributed by atoms with van der Waals surface area (Å²) in [5, 5.41) is 11.4. The van der Waals surface area contributed by atoms with Crippen LogP contribution < -0.4 is 11.1 Å². The van der Waals surface area contributed by atoms with Crippen molar-refractivity contribution in [2.75, 3.05) is 11.9 Å². The molecule has 1 aromatic carbocycles. The number of hydrogen-bond donors (Lipinski definition) is 3. The Morgan fingerprint density at radius 1 is 1.29 bits per heavy atom. The number of amides is 1. The third-order valence-electron chi connectivity index (χ3n) is 1.92. The molecular formula is C10H10Cl2N2O3. The van der Waals surface area contributed by atoms with Crippen LogP contribution in [-0.4, -0.2) is 23.5 Å². The number of nitrogens with one attached hydrogen (secondary N) is 1. The molecule has 0 aliphatic carbocycles. The summed E-state index contributed by atoms with van der Waals surface area (Å²) in [5.41, 5.74) is 5.37. The molecule has 0 saturated heterocycles. The van der Waals surface area contributed by atoms with Gasteiger partial charge in [-0.25, -0.2) is 4.79 Å². The molecule has 0 aliphatic heterocycles. The van der Waals surface area contributed by atoms with Gasteiger partial charge in [-0.05, 0) is 12.1 Å². The Bertz CT molecular complexity index is 440. The molecule has 5 nitrogen and oxygen atoms in total. The summed E-state index contributed by atoms with van der Waals surface area (Å²) in [5.74, 6) is -1.48. The van der Waals surface area contributed by atoms with Gasteiger partial charge in [0.2, 0.25) is 5.91 Å². The number of anilines is 1. The monoisotopic (exact) mass is 276 g/mol. The summed E-state index contributed by atoms with van der Waals surface area (Å²) in [6.45, 7) is 0.203. The summed E-state index contributed by atoms with van der Waals surface area (Å²) in [7, 11) is 0. The third kappa shape index (κ3) is 3.59. The van der Waals surface area contributed by atoms with Gasteiger partial charge in [0.1, 0.15) is 0 Å². The molecule has 0 bridgehead atoms. The Kier molecular flexibility index (Phi) is 4.74. The molecule has 7 heteroatoms. The maximum atomic E-state index is 11.3. The van der Waals surface area contributed by atoms with Gasteiger partial charge in [0.25, 0.3) is 0 Å². The van der Waals surface area contributed by atoms with Crippen LogP contribution in [0, 0.1) is 0 Å². The molecule has 1 amide bonds. The Morgan fingerprint density at radius 2 is 1.82 bits per heavy atom. The first kappa shape index (κ1) is 13.8. The van der Waals surface area contributed by atoms with Crippen molar-refractivity contribution in [1.82, 2.24) is 0 Å². The zero-order chi connectivity index (χ0) is 13.0. The molecular weight excluding hydrogens is 267 g/mol. The number of aromatic carboxylic acids is 1. The van der Waals surface area contributed by atoms with Crippen molar-refractivity contribution in [1.29, 1.82) is 0 Å². The number of halogens is 2. The zero-order valence-corrected chi connectivity index (χ0v) is 10.2. The average molecular weight is 277 g/mol. The zero-order valence-electron chi connectivity index (χ0n) is 8.67. The topological polar surface area (TPSA) is 92.4 Å². The third-order valence-corrected chi connectivity index (χ3v) is 2.52. The molecule has 1 aromatic rings. The number of nitrogens with two attached hydrogens (primary N) is 1. The van der Waals surface area contributed by atoms with Crippen molar-refractivity contribution in [2.45, 2.75) is 6.42 Å². The van der Waals surface area contributed by atoms with Crippen LogP contribution in [0.2, 0.25) is 10.0 Å². The van der Waals surface area contributed by atoms with Crippen molar-refractivity contribution in [3.8, 4) is 0 Å². The quantitative estimate of drug-likeness (QED) is 0.784. The van der Waals surface area contributed by atoms with Gasteiger partial charge in [-0.3, -0.25) is 4.79 Å². The number of carboxylic acid groups (broad SMARTS) is 1. The molecule has 0 fully saturated rings. The van der Waals surface area contributed by atoms with Crippen LogP contribution in [0.3, 0.4) is 0 Å². The highest BCUT2D eigenvalue weighted by molar-refractivity contribution is 6.40. The molecule has 0 aliphatic rings. The molecule has 0 unspecified atom stereocenters. The highest BCUT2D eigenvalue weighted by Crippen LogP contribution is 2.31. The fraction of sp³-hybridized carbons (Fsp3) is 0.200. The molecule has 0 radical (unpaired) electrons. The molecule has 0 saturated carbocycles. The van der Waals surface area contributed by atoms with E-state index in [1.807, 2.05) is 0 Å². The minimum absolute atomic E-state index is 0.0446. The maximum absolute atomic E-state index is 11.3. The highest BCUT2D eigenvalue weighted by atomic mass is 35.5. The van der Waals surface area contributed by atoms with E-state index in [4.69, 9.17) is 34.0 Å². The van der Waals surface area contributed by atoms with Gasteiger partial charge >= 0.3 is 5.97 Å². The fourth-order valence-electron chi connectivity index (χ4n) is 1.15. The van der Waals surface area contributed by atoms with Gasteiger partial charge in [0, 0.05) is 13.0 Å². The van der Waals surface area contributed by atoms with Crippen LogP contribution in [0.1, 0.15) is 16.8 Å². The average Bonchev–Trinajstić information content (AvgIpc) is 2.23. The van der Waals surface area contributed by atoms with Crippen molar-refractivity contribution in [3.63, 3.8) is 0 Å². The SMILES string of the molecule is NCCC(=O)Nc1c(Cl)cc(C(=O)O)cc1Cl. The van der Waals surface area contributed by atoms with Crippen LogP contribution in [0.25, 0.3) is 0 Å². The molecule has 1 rings (SSSR count). The second-order valence-electron chi connectivity index (χ2n) is 3.21. The molecule has 0 atom stereocenters.